The van der Waals surface area contributed by atoms with Gasteiger partial charge in [0.25, 0.3) is 5.91 Å². The quantitative estimate of drug-likeness (QED) is 0.745. The first-order valence-corrected chi connectivity index (χ1v) is 11.4. The lowest BCUT2D eigenvalue weighted by molar-refractivity contribution is -0.145. The highest BCUT2D eigenvalue weighted by Crippen LogP contribution is 2.37. The van der Waals surface area contributed by atoms with Gasteiger partial charge in [0, 0.05) is 43.9 Å². The molecule has 1 aromatic carbocycles. The second-order valence-corrected chi connectivity index (χ2v) is 9.15. The third-order valence-electron chi connectivity index (χ3n) is 6.78. The number of ether oxygens (including phenoxy) is 2. The second kappa shape index (κ2) is 8.67. The molecule has 1 aliphatic carbocycles. The van der Waals surface area contributed by atoms with Crippen molar-refractivity contribution in [1.29, 1.82) is 0 Å². The average molecular weight is 439 g/mol. The van der Waals surface area contributed by atoms with Crippen LogP contribution >= 0.6 is 0 Å². The molecule has 0 radical (unpaired) electrons. The number of carbonyl (C=O) groups excluding carboxylic acids is 2. The smallest absolute Gasteiger partial charge is 0.272 e. The summed E-state index contributed by atoms with van der Waals surface area (Å²) in [5.41, 5.74) is 3.23. The first kappa shape index (κ1) is 21.2. The van der Waals surface area contributed by atoms with Gasteiger partial charge in [-0.05, 0) is 31.2 Å². The van der Waals surface area contributed by atoms with Gasteiger partial charge in [-0.1, -0.05) is 30.3 Å². The van der Waals surface area contributed by atoms with E-state index in [-0.39, 0.29) is 24.0 Å². The highest BCUT2D eigenvalue weighted by atomic mass is 16.5. The summed E-state index contributed by atoms with van der Waals surface area (Å²) in [6, 6.07) is 10.2. The number of fused-ring (bicyclic) bond motifs is 1. The predicted octanol–water partition coefficient (Wildman–Crippen LogP) is 1.96. The molecule has 2 amide bonds. The van der Waals surface area contributed by atoms with Crippen molar-refractivity contribution in [3.05, 3.63) is 52.8 Å². The van der Waals surface area contributed by atoms with Gasteiger partial charge >= 0.3 is 0 Å². The largest absolute Gasteiger partial charge is 0.370 e. The number of nitrogens with zero attached hydrogens (tertiary/aromatic N) is 3. The van der Waals surface area contributed by atoms with Crippen LogP contribution in [0, 0.1) is 0 Å². The van der Waals surface area contributed by atoms with Gasteiger partial charge in [-0.2, -0.15) is 5.10 Å². The van der Waals surface area contributed by atoms with Crippen molar-refractivity contribution in [2.45, 2.75) is 57.0 Å². The van der Waals surface area contributed by atoms with Crippen molar-refractivity contribution in [1.82, 2.24) is 20.0 Å². The van der Waals surface area contributed by atoms with Gasteiger partial charge in [-0.25, -0.2) is 0 Å². The van der Waals surface area contributed by atoms with E-state index in [4.69, 9.17) is 9.47 Å². The van der Waals surface area contributed by atoms with E-state index in [1.54, 1.807) is 0 Å². The molecule has 2 aromatic rings. The number of likely N-dealkylation sites (tertiary alicyclic amines) is 1. The van der Waals surface area contributed by atoms with Crippen LogP contribution in [-0.2, 0) is 41.0 Å². The first-order valence-electron chi connectivity index (χ1n) is 11.4. The summed E-state index contributed by atoms with van der Waals surface area (Å²) in [5, 5.41) is 7.52. The van der Waals surface area contributed by atoms with E-state index in [2.05, 4.69) is 10.4 Å². The molecular weight excluding hydrogens is 408 g/mol. The Morgan fingerprint density at radius 2 is 1.97 bits per heavy atom. The van der Waals surface area contributed by atoms with Crippen LogP contribution in [-0.4, -0.2) is 57.8 Å². The maximum atomic E-state index is 12.6. The molecule has 32 heavy (non-hydrogen) atoms. The summed E-state index contributed by atoms with van der Waals surface area (Å²) < 4.78 is 13.8. The fourth-order valence-electron chi connectivity index (χ4n) is 4.63. The number of rotatable bonds is 6. The van der Waals surface area contributed by atoms with Gasteiger partial charge in [0.15, 0.2) is 5.69 Å². The Bertz CT molecular complexity index is 991. The number of benzene rings is 1. The lowest BCUT2D eigenvalue weighted by Crippen LogP contribution is -2.51. The molecule has 0 bridgehead atoms. The summed E-state index contributed by atoms with van der Waals surface area (Å²) in [6.07, 6.45) is 4.35. The van der Waals surface area contributed by atoms with Crippen LogP contribution in [0.4, 0.5) is 0 Å². The number of hydrogen-bond donors (Lipinski definition) is 1. The van der Waals surface area contributed by atoms with Gasteiger partial charge in [-0.3, -0.25) is 14.3 Å². The van der Waals surface area contributed by atoms with E-state index in [1.165, 1.54) is 0 Å². The second-order valence-electron chi connectivity index (χ2n) is 9.15. The Morgan fingerprint density at radius 1 is 1.22 bits per heavy atom. The molecule has 1 aromatic heterocycles. The minimum absolute atomic E-state index is 0.0202. The van der Waals surface area contributed by atoms with Crippen LogP contribution in [0.15, 0.2) is 30.3 Å². The van der Waals surface area contributed by atoms with Crippen LogP contribution < -0.4 is 5.32 Å². The maximum Gasteiger partial charge on any atom is 0.272 e. The average Bonchev–Trinajstić information content (AvgIpc) is 3.56. The number of hydrogen-bond acceptors (Lipinski definition) is 5. The third-order valence-corrected chi connectivity index (χ3v) is 6.78. The fraction of sp³-hybridized carbons (Fsp3) is 0.542. The van der Waals surface area contributed by atoms with E-state index in [9.17, 15) is 9.59 Å². The van der Waals surface area contributed by atoms with Gasteiger partial charge in [0.05, 0.1) is 18.8 Å². The maximum absolute atomic E-state index is 12.6. The molecule has 1 saturated heterocycles. The zero-order chi connectivity index (χ0) is 22.1. The van der Waals surface area contributed by atoms with Gasteiger partial charge in [-0.15, -0.1) is 0 Å². The van der Waals surface area contributed by atoms with Crippen molar-refractivity contribution in [3.8, 4) is 0 Å². The van der Waals surface area contributed by atoms with Gasteiger partial charge < -0.3 is 19.7 Å². The lowest BCUT2D eigenvalue weighted by Gasteiger charge is -2.43. The molecule has 2 aliphatic heterocycles. The summed E-state index contributed by atoms with van der Waals surface area (Å²) in [7, 11) is 1.90. The first-order chi connectivity index (χ1) is 15.5. The van der Waals surface area contributed by atoms with Crippen molar-refractivity contribution < 1.29 is 19.1 Å². The summed E-state index contributed by atoms with van der Waals surface area (Å²) in [6.45, 7) is 2.22. The van der Waals surface area contributed by atoms with E-state index in [1.807, 2.05) is 47.0 Å². The van der Waals surface area contributed by atoms with Gasteiger partial charge in [0.2, 0.25) is 5.91 Å². The molecule has 2 fully saturated rings. The monoisotopic (exact) mass is 438 g/mol. The van der Waals surface area contributed by atoms with E-state index < -0.39 is 0 Å². The molecule has 5 rings (SSSR count). The van der Waals surface area contributed by atoms with Gasteiger partial charge in [0.1, 0.15) is 6.61 Å². The minimum Gasteiger partial charge on any atom is -0.370 e. The Morgan fingerprint density at radius 3 is 2.69 bits per heavy atom. The molecule has 3 aliphatic rings. The molecule has 1 N–H and O–H groups in total. The van der Waals surface area contributed by atoms with Crippen LogP contribution in [0.1, 0.15) is 53.0 Å². The molecule has 8 heteroatoms. The predicted molar refractivity (Wildman–Crippen MR) is 117 cm³/mol. The molecule has 3 heterocycles. The minimum atomic E-state index is -0.299. The normalized spacial score (nSPS) is 19.6. The summed E-state index contributed by atoms with van der Waals surface area (Å²) in [4.78, 5) is 27.0. The molecule has 0 atom stereocenters. The standard InChI is InChI=1S/C24H30N4O4/c1-27-20-13-24(32-15-19(20)22(26-27)23(30)25-18-7-8-18)9-11-28(12-10-24)21(29)16-31-14-17-5-3-2-4-6-17/h2-6,18H,7-16H2,1H3,(H,25,30). The number of carbonyl (C=O) groups is 2. The van der Waals surface area contributed by atoms with Crippen molar-refractivity contribution >= 4 is 11.8 Å². The highest BCUT2D eigenvalue weighted by molar-refractivity contribution is 5.94. The zero-order valence-electron chi connectivity index (χ0n) is 18.5. The Hall–Kier alpha value is -2.71. The van der Waals surface area contributed by atoms with Crippen molar-refractivity contribution in [2.75, 3.05) is 19.7 Å². The van der Waals surface area contributed by atoms with Crippen LogP contribution in [0.2, 0.25) is 0 Å². The van der Waals surface area contributed by atoms with E-state index in [0.717, 1.165) is 48.9 Å². The molecule has 0 unspecified atom stereocenters. The number of aryl methyl sites for hydroxylation is 1. The van der Waals surface area contributed by atoms with Crippen LogP contribution in [0.5, 0.6) is 0 Å². The highest BCUT2D eigenvalue weighted by Gasteiger charge is 2.42. The number of piperidine rings is 1. The molecule has 8 nitrogen and oxygen atoms in total. The molecule has 170 valence electrons. The number of aromatic nitrogens is 2. The third kappa shape index (κ3) is 4.42. The summed E-state index contributed by atoms with van der Waals surface area (Å²) in [5.74, 6) is -0.0772. The summed E-state index contributed by atoms with van der Waals surface area (Å²) >= 11 is 0. The van der Waals surface area contributed by atoms with Crippen molar-refractivity contribution in [3.63, 3.8) is 0 Å². The molecule has 1 saturated carbocycles. The molecule has 1 spiro atoms. The Labute approximate surface area is 187 Å². The zero-order valence-corrected chi connectivity index (χ0v) is 18.5. The topological polar surface area (TPSA) is 85.7 Å². The lowest BCUT2D eigenvalue weighted by atomic mass is 9.83. The van der Waals surface area contributed by atoms with Crippen LogP contribution in [0.3, 0.4) is 0 Å². The van der Waals surface area contributed by atoms with E-state index >= 15 is 0 Å². The van der Waals surface area contributed by atoms with Crippen LogP contribution in [0.25, 0.3) is 0 Å². The Balaban J connectivity index is 1.15. The van der Waals surface area contributed by atoms with E-state index in [0.29, 0.717) is 38.0 Å². The molecular formula is C24H30N4O4. The number of nitrogens with one attached hydrogen (secondary N) is 1. The SMILES string of the molecule is Cn1nc(C(=O)NC2CC2)c2c1CC1(CCN(C(=O)COCc3ccccc3)CC1)OC2. The fourth-order valence-corrected chi connectivity index (χ4v) is 4.63. The number of amides is 2. The van der Waals surface area contributed by atoms with Crippen molar-refractivity contribution in [2.24, 2.45) is 7.05 Å². The Kier molecular flexibility index (Phi) is 5.73.